The fraction of sp³-hybridized carbons (Fsp3) is 0.550. The van der Waals surface area contributed by atoms with E-state index < -0.39 is 18.0 Å². The van der Waals surface area contributed by atoms with Gasteiger partial charge >= 0.3 is 11.9 Å². The fourth-order valence-electron chi connectivity index (χ4n) is 2.59. The molecule has 9 heteroatoms. The number of ether oxygens (including phenoxy) is 1. The topological polar surface area (TPSA) is 128 Å². The standard InChI is InChI=1S/C18H28N2O3.C2H2O4/c1-18(2,3)23-14-16(21)13-19-9-11-20(12-10-19)17(22)15-7-5-4-6-8-15;3-1(4)2(5)6/h4-8,16,21H,9-14H2,1-3H3;(H,3,4)(H,5,6). The van der Waals surface area contributed by atoms with Crippen molar-refractivity contribution in [1.29, 1.82) is 0 Å². The van der Waals surface area contributed by atoms with Gasteiger partial charge in [-0.15, -0.1) is 0 Å². The molecule has 1 fully saturated rings. The summed E-state index contributed by atoms with van der Waals surface area (Å²) in [5.41, 5.74) is 0.501. The third-order valence-electron chi connectivity index (χ3n) is 4.04. The number of aliphatic hydroxyl groups excluding tert-OH is 1. The van der Waals surface area contributed by atoms with Gasteiger partial charge in [0.05, 0.1) is 18.3 Å². The molecular formula is C20H30N2O7. The zero-order valence-corrected chi connectivity index (χ0v) is 17.1. The van der Waals surface area contributed by atoms with E-state index in [2.05, 4.69) is 4.90 Å². The summed E-state index contributed by atoms with van der Waals surface area (Å²) in [5.74, 6) is -3.56. The zero-order chi connectivity index (χ0) is 22.0. The van der Waals surface area contributed by atoms with E-state index in [1.807, 2.05) is 56.0 Å². The minimum absolute atomic E-state index is 0.0851. The number of amides is 1. The number of piperazine rings is 1. The lowest BCUT2D eigenvalue weighted by Gasteiger charge is -2.36. The third-order valence-corrected chi connectivity index (χ3v) is 4.04. The number of hydrogen-bond acceptors (Lipinski definition) is 6. The van der Waals surface area contributed by atoms with Crippen molar-refractivity contribution < 1.29 is 34.4 Å². The lowest BCUT2D eigenvalue weighted by Crippen LogP contribution is -2.51. The minimum atomic E-state index is -1.82. The van der Waals surface area contributed by atoms with Gasteiger partial charge in [-0.1, -0.05) is 18.2 Å². The van der Waals surface area contributed by atoms with E-state index in [1.54, 1.807) is 0 Å². The molecule has 1 aliphatic rings. The normalized spacial score (nSPS) is 15.8. The summed E-state index contributed by atoms with van der Waals surface area (Å²) in [4.78, 5) is 34.6. The quantitative estimate of drug-likeness (QED) is 0.608. The van der Waals surface area contributed by atoms with Crippen LogP contribution in [0.15, 0.2) is 30.3 Å². The highest BCUT2D eigenvalue weighted by Crippen LogP contribution is 2.11. The monoisotopic (exact) mass is 410 g/mol. The van der Waals surface area contributed by atoms with Crippen molar-refractivity contribution in [2.75, 3.05) is 39.3 Å². The second kappa shape index (κ2) is 11.5. The van der Waals surface area contributed by atoms with E-state index in [1.165, 1.54) is 0 Å². The molecule has 1 aromatic rings. The summed E-state index contributed by atoms with van der Waals surface area (Å²) < 4.78 is 5.61. The number of carbonyl (C=O) groups is 3. The van der Waals surface area contributed by atoms with Crippen molar-refractivity contribution in [1.82, 2.24) is 9.80 Å². The van der Waals surface area contributed by atoms with Crippen LogP contribution in [0, 0.1) is 0 Å². The molecule has 1 amide bonds. The molecule has 3 N–H and O–H groups in total. The van der Waals surface area contributed by atoms with Gasteiger partial charge in [0.1, 0.15) is 0 Å². The van der Waals surface area contributed by atoms with Crippen LogP contribution < -0.4 is 0 Å². The molecule has 1 saturated heterocycles. The van der Waals surface area contributed by atoms with Crippen molar-refractivity contribution in [3.05, 3.63) is 35.9 Å². The Kier molecular flexibility index (Phi) is 9.73. The Bertz CT molecular complexity index is 653. The van der Waals surface area contributed by atoms with Crippen LogP contribution in [0.25, 0.3) is 0 Å². The lowest BCUT2D eigenvalue weighted by molar-refractivity contribution is -0.159. The van der Waals surface area contributed by atoms with Crippen molar-refractivity contribution in [2.45, 2.75) is 32.5 Å². The van der Waals surface area contributed by atoms with Crippen molar-refractivity contribution in [2.24, 2.45) is 0 Å². The second-order valence-electron chi connectivity index (χ2n) is 7.65. The number of aliphatic hydroxyl groups is 1. The van der Waals surface area contributed by atoms with E-state index in [4.69, 9.17) is 24.5 Å². The Morgan fingerprint density at radius 3 is 1.97 bits per heavy atom. The fourth-order valence-corrected chi connectivity index (χ4v) is 2.59. The molecule has 0 saturated carbocycles. The van der Waals surface area contributed by atoms with Gasteiger partial charge in [-0.3, -0.25) is 9.69 Å². The minimum Gasteiger partial charge on any atom is -0.473 e. The van der Waals surface area contributed by atoms with Gasteiger partial charge in [-0.05, 0) is 32.9 Å². The highest BCUT2D eigenvalue weighted by Gasteiger charge is 2.24. The van der Waals surface area contributed by atoms with Crippen LogP contribution in [0.5, 0.6) is 0 Å². The first-order valence-electron chi connectivity index (χ1n) is 9.34. The Balaban J connectivity index is 0.000000612. The van der Waals surface area contributed by atoms with E-state index in [9.17, 15) is 9.90 Å². The highest BCUT2D eigenvalue weighted by molar-refractivity contribution is 6.27. The molecule has 1 unspecified atom stereocenters. The van der Waals surface area contributed by atoms with Gasteiger partial charge in [0, 0.05) is 38.3 Å². The Morgan fingerprint density at radius 1 is 1.00 bits per heavy atom. The van der Waals surface area contributed by atoms with Crippen LogP contribution in [-0.4, -0.2) is 94.0 Å². The number of rotatable bonds is 5. The van der Waals surface area contributed by atoms with Crippen molar-refractivity contribution >= 4 is 17.8 Å². The molecule has 1 atom stereocenters. The van der Waals surface area contributed by atoms with Gasteiger partial charge in [0.15, 0.2) is 0 Å². The van der Waals surface area contributed by atoms with E-state index in [-0.39, 0.29) is 11.5 Å². The predicted octanol–water partition coefficient (Wildman–Crippen LogP) is 0.776. The van der Waals surface area contributed by atoms with Crippen molar-refractivity contribution in [3.8, 4) is 0 Å². The molecular weight excluding hydrogens is 380 g/mol. The van der Waals surface area contributed by atoms with E-state index in [0.717, 1.165) is 18.7 Å². The van der Waals surface area contributed by atoms with Crippen molar-refractivity contribution in [3.63, 3.8) is 0 Å². The summed E-state index contributed by atoms with van der Waals surface area (Å²) in [6.07, 6.45) is -0.495. The SMILES string of the molecule is CC(C)(C)OCC(O)CN1CCN(C(=O)c2ccccc2)CC1.O=C(O)C(=O)O. The van der Waals surface area contributed by atoms with Crippen LogP contribution in [0.3, 0.4) is 0 Å². The first-order valence-corrected chi connectivity index (χ1v) is 9.34. The number of carbonyl (C=O) groups excluding carboxylic acids is 1. The van der Waals surface area contributed by atoms with Crippen LogP contribution in [0.2, 0.25) is 0 Å². The number of carboxylic acid groups (broad SMARTS) is 2. The summed E-state index contributed by atoms with van der Waals surface area (Å²) in [5, 5.41) is 24.9. The Morgan fingerprint density at radius 2 is 1.52 bits per heavy atom. The molecule has 1 aromatic carbocycles. The van der Waals surface area contributed by atoms with E-state index in [0.29, 0.717) is 26.2 Å². The van der Waals surface area contributed by atoms with Crippen LogP contribution >= 0.6 is 0 Å². The number of benzene rings is 1. The van der Waals surface area contributed by atoms with Gasteiger partial charge in [0.25, 0.3) is 5.91 Å². The molecule has 0 aliphatic carbocycles. The maximum atomic E-state index is 12.4. The van der Waals surface area contributed by atoms with Crippen LogP contribution in [0.1, 0.15) is 31.1 Å². The molecule has 0 aromatic heterocycles. The molecule has 29 heavy (non-hydrogen) atoms. The number of carboxylic acids is 2. The smallest absolute Gasteiger partial charge is 0.414 e. The Labute approximate surface area is 170 Å². The first-order chi connectivity index (χ1) is 13.5. The lowest BCUT2D eigenvalue weighted by atomic mass is 10.1. The molecule has 0 spiro atoms. The summed E-state index contributed by atoms with van der Waals surface area (Å²) >= 11 is 0. The summed E-state index contributed by atoms with van der Waals surface area (Å²) in [7, 11) is 0. The number of aliphatic carboxylic acids is 2. The molecule has 1 aliphatic heterocycles. The van der Waals surface area contributed by atoms with Gasteiger partial charge in [0.2, 0.25) is 0 Å². The second-order valence-corrected chi connectivity index (χ2v) is 7.65. The van der Waals surface area contributed by atoms with Gasteiger partial charge in [-0.25, -0.2) is 9.59 Å². The summed E-state index contributed by atoms with van der Waals surface area (Å²) in [6.45, 7) is 9.82. The van der Waals surface area contributed by atoms with Crippen LogP contribution in [0.4, 0.5) is 0 Å². The number of nitrogens with zero attached hydrogens (tertiary/aromatic N) is 2. The maximum Gasteiger partial charge on any atom is 0.414 e. The summed E-state index contributed by atoms with van der Waals surface area (Å²) in [6, 6.07) is 9.38. The number of β-amino-alcohol motifs (C(OH)–C–C–N with tert-alkyl or cyclic N) is 1. The van der Waals surface area contributed by atoms with Gasteiger partial charge in [-0.2, -0.15) is 0 Å². The molecule has 1 heterocycles. The maximum absolute atomic E-state index is 12.4. The largest absolute Gasteiger partial charge is 0.473 e. The predicted molar refractivity (Wildman–Crippen MR) is 106 cm³/mol. The molecule has 162 valence electrons. The first kappa shape index (κ1) is 24.5. The molecule has 2 rings (SSSR count). The number of hydrogen-bond donors (Lipinski definition) is 3. The van der Waals surface area contributed by atoms with E-state index >= 15 is 0 Å². The highest BCUT2D eigenvalue weighted by atomic mass is 16.5. The third kappa shape index (κ3) is 10.0. The average molecular weight is 410 g/mol. The van der Waals surface area contributed by atoms with Crippen LogP contribution in [-0.2, 0) is 14.3 Å². The molecule has 0 radical (unpaired) electrons. The molecule has 9 nitrogen and oxygen atoms in total. The Hall–Kier alpha value is -2.49. The van der Waals surface area contributed by atoms with Gasteiger partial charge < -0.3 is 25.0 Å². The molecule has 0 bridgehead atoms. The zero-order valence-electron chi connectivity index (χ0n) is 17.1. The average Bonchev–Trinajstić information content (AvgIpc) is 2.67.